The Kier molecular flexibility index (Phi) is 3.81. The average Bonchev–Trinajstić information content (AvgIpc) is 2.92. The van der Waals surface area contributed by atoms with Crippen molar-refractivity contribution in [3.05, 3.63) is 53.9 Å². The van der Waals surface area contributed by atoms with E-state index in [1.54, 1.807) is 30.5 Å². The summed E-state index contributed by atoms with van der Waals surface area (Å²) in [6.07, 6.45) is 2.99. The summed E-state index contributed by atoms with van der Waals surface area (Å²) in [5.41, 5.74) is 1.64. The van der Waals surface area contributed by atoms with Gasteiger partial charge in [0.15, 0.2) is 0 Å². The number of aromatic nitrogens is 1. The number of H-pyrrole nitrogens is 1. The molecule has 0 aliphatic rings. The summed E-state index contributed by atoms with van der Waals surface area (Å²) in [5.74, 6) is 0. The van der Waals surface area contributed by atoms with Gasteiger partial charge in [-0.15, -0.1) is 0 Å². The number of aromatic amines is 1. The second kappa shape index (κ2) is 5.34. The Balaban J connectivity index is 2.03. The third-order valence-corrected chi connectivity index (χ3v) is 3.95. The quantitative estimate of drug-likeness (QED) is 0.754. The van der Waals surface area contributed by atoms with Gasteiger partial charge in [0.25, 0.3) is 0 Å². The lowest BCUT2D eigenvalue weighted by Crippen LogP contribution is -2.22. The molecule has 0 aliphatic heterocycles. The third kappa shape index (κ3) is 2.98. The largest absolute Gasteiger partial charge is 0.392 e. The molecule has 1 aromatic heterocycles. The van der Waals surface area contributed by atoms with E-state index >= 15 is 0 Å². The van der Waals surface area contributed by atoms with Crippen molar-refractivity contribution in [2.45, 2.75) is 18.0 Å². The summed E-state index contributed by atoms with van der Waals surface area (Å²) in [6, 6.07) is 8.59. The molecule has 2 aromatic rings. The van der Waals surface area contributed by atoms with Crippen LogP contribution in [0, 0.1) is 0 Å². The molecule has 5 nitrogen and oxygen atoms in total. The first-order valence-electron chi connectivity index (χ1n) is 5.43. The first-order chi connectivity index (χ1) is 8.62. The molecular weight excluding hydrogens is 252 g/mol. The van der Waals surface area contributed by atoms with Crippen LogP contribution in [-0.2, 0) is 23.2 Å². The number of benzene rings is 1. The minimum Gasteiger partial charge on any atom is -0.392 e. The van der Waals surface area contributed by atoms with Crippen LogP contribution in [0.25, 0.3) is 0 Å². The topological polar surface area (TPSA) is 82.2 Å². The van der Waals surface area contributed by atoms with Crippen LogP contribution >= 0.6 is 0 Å². The second-order valence-electron chi connectivity index (χ2n) is 3.85. The third-order valence-electron chi connectivity index (χ3n) is 2.55. The van der Waals surface area contributed by atoms with Gasteiger partial charge in [-0.3, -0.25) is 0 Å². The molecule has 0 radical (unpaired) electrons. The summed E-state index contributed by atoms with van der Waals surface area (Å²) in [4.78, 5) is 2.92. The van der Waals surface area contributed by atoms with Crippen LogP contribution in [0.5, 0.6) is 0 Å². The second-order valence-corrected chi connectivity index (χ2v) is 5.61. The van der Waals surface area contributed by atoms with E-state index in [1.165, 1.54) is 12.3 Å². The normalized spacial score (nSPS) is 11.6. The molecule has 0 saturated heterocycles. The number of nitrogens with one attached hydrogen (secondary N) is 2. The molecule has 0 atom stereocenters. The fourth-order valence-corrected chi connectivity index (χ4v) is 2.49. The van der Waals surface area contributed by atoms with Crippen LogP contribution in [0.1, 0.15) is 11.1 Å². The van der Waals surface area contributed by atoms with Crippen molar-refractivity contribution in [1.82, 2.24) is 9.71 Å². The van der Waals surface area contributed by atoms with Crippen molar-refractivity contribution in [2.75, 3.05) is 0 Å². The van der Waals surface area contributed by atoms with Crippen molar-refractivity contribution < 1.29 is 13.5 Å². The Bertz CT molecular complexity index is 589. The Morgan fingerprint density at radius 2 is 1.78 bits per heavy atom. The molecule has 0 bridgehead atoms. The lowest BCUT2D eigenvalue weighted by Gasteiger charge is -2.05. The van der Waals surface area contributed by atoms with Crippen LogP contribution in [-0.4, -0.2) is 18.5 Å². The number of sulfonamides is 1. The SMILES string of the molecule is O=S(=O)(NCc1ccc(CO)cc1)c1cc[nH]c1. The van der Waals surface area contributed by atoms with Crippen molar-refractivity contribution >= 4 is 10.0 Å². The zero-order chi connectivity index (χ0) is 13.0. The minimum absolute atomic E-state index is 0.0185. The Morgan fingerprint density at radius 1 is 1.11 bits per heavy atom. The van der Waals surface area contributed by atoms with Crippen molar-refractivity contribution in [2.24, 2.45) is 0 Å². The van der Waals surface area contributed by atoms with Crippen molar-refractivity contribution in [3.63, 3.8) is 0 Å². The van der Waals surface area contributed by atoms with E-state index in [2.05, 4.69) is 9.71 Å². The van der Waals surface area contributed by atoms with E-state index in [1.807, 2.05) is 0 Å². The zero-order valence-electron chi connectivity index (χ0n) is 9.63. The maximum atomic E-state index is 11.8. The maximum absolute atomic E-state index is 11.8. The average molecular weight is 266 g/mol. The van der Waals surface area contributed by atoms with Gasteiger partial charge in [0.1, 0.15) is 0 Å². The van der Waals surface area contributed by atoms with Gasteiger partial charge in [0.05, 0.1) is 11.5 Å². The van der Waals surface area contributed by atoms with Crippen LogP contribution in [0.4, 0.5) is 0 Å². The molecule has 96 valence electrons. The highest BCUT2D eigenvalue weighted by Crippen LogP contribution is 2.09. The summed E-state index contributed by atoms with van der Waals surface area (Å²) in [7, 11) is -3.46. The van der Waals surface area contributed by atoms with Crippen molar-refractivity contribution in [1.29, 1.82) is 0 Å². The monoisotopic (exact) mass is 266 g/mol. The number of aliphatic hydroxyl groups is 1. The lowest BCUT2D eigenvalue weighted by molar-refractivity contribution is 0.282. The highest BCUT2D eigenvalue weighted by Gasteiger charge is 2.13. The first kappa shape index (κ1) is 12.8. The molecule has 6 heteroatoms. The highest BCUT2D eigenvalue weighted by atomic mass is 32.2. The summed E-state index contributed by atoms with van der Waals surface area (Å²) < 4.78 is 26.1. The van der Waals surface area contributed by atoms with E-state index < -0.39 is 10.0 Å². The molecule has 0 spiro atoms. The fourth-order valence-electron chi connectivity index (χ4n) is 1.50. The molecule has 3 N–H and O–H groups in total. The molecule has 0 amide bonds. The van der Waals surface area contributed by atoms with E-state index in [9.17, 15) is 8.42 Å². The molecule has 2 rings (SSSR count). The molecule has 0 saturated carbocycles. The van der Waals surface area contributed by atoms with E-state index in [0.29, 0.717) is 0 Å². The van der Waals surface area contributed by atoms with Crippen LogP contribution in [0.2, 0.25) is 0 Å². The van der Waals surface area contributed by atoms with E-state index in [-0.39, 0.29) is 18.0 Å². The van der Waals surface area contributed by atoms with Crippen LogP contribution in [0.15, 0.2) is 47.6 Å². The molecule has 0 unspecified atom stereocenters. The lowest BCUT2D eigenvalue weighted by atomic mass is 10.1. The van der Waals surface area contributed by atoms with Gasteiger partial charge >= 0.3 is 0 Å². The predicted molar refractivity (Wildman–Crippen MR) is 67.2 cm³/mol. The minimum atomic E-state index is -3.46. The number of rotatable bonds is 5. The summed E-state index contributed by atoms with van der Waals surface area (Å²) >= 11 is 0. The zero-order valence-corrected chi connectivity index (χ0v) is 10.4. The fraction of sp³-hybridized carbons (Fsp3) is 0.167. The molecule has 18 heavy (non-hydrogen) atoms. The Labute approximate surface area is 106 Å². The van der Waals surface area contributed by atoms with Gasteiger partial charge in [0, 0.05) is 18.9 Å². The highest BCUT2D eigenvalue weighted by molar-refractivity contribution is 7.89. The predicted octanol–water partition coefficient (Wildman–Crippen LogP) is 0.986. The van der Waals surface area contributed by atoms with Gasteiger partial charge in [-0.25, -0.2) is 13.1 Å². The maximum Gasteiger partial charge on any atom is 0.242 e. The number of hydrogen-bond donors (Lipinski definition) is 3. The Morgan fingerprint density at radius 3 is 2.33 bits per heavy atom. The first-order valence-corrected chi connectivity index (χ1v) is 6.91. The molecule has 1 heterocycles. The molecule has 0 fully saturated rings. The smallest absolute Gasteiger partial charge is 0.242 e. The molecule has 0 aliphatic carbocycles. The number of aliphatic hydroxyl groups excluding tert-OH is 1. The van der Waals surface area contributed by atoms with Crippen molar-refractivity contribution in [3.8, 4) is 0 Å². The standard InChI is InChI=1S/C12H14N2O3S/c15-9-11-3-1-10(2-4-11)7-14-18(16,17)12-5-6-13-8-12/h1-6,8,13-15H,7,9H2. The van der Waals surface area contributed by atoms with Gasteiger partial charge in [-0.05, 0) is 17.2 Å². The van der Waals surface area contributed by atoms with Gasteiger partial charge in [-0.2, -0.15) is 0 Å². The van der Waals surface area contributed by atoms with Gasteiger partial charge < -0.3 is 10.1 Å². The van der Waals surface area contributed by atoms with E-state index in [4.69, 9.17) is 5.11 Å². The molecule has 1 aromatic carbocycles. The van der Waals surface area contributed by atoms with Crippen LogP contribution < -0.4 is 4.72 Å². The van der Waals surface area contributed by atoms with Gasteiger partial charge in [-0.1, -0.05) is 24.3 Å². The molecular formula is C12H14N2O3S. The Hall–Kier alpha value is -1.63. The van der Waals surface area contributed by atoms with E-state index in [0.717, 1.165) is 11.1 Å². The summed E-state index contributed by atoms with van der Waals surface area (Å²) in [5, 5.41) is 8.90. The number of hydrogen-bond acceptors (Lipinski definition) is 3. The van der Waals surface area contributed by atoms with Gasteiger partial charge in [0.2, 0.25) is 10.0 Å². The summed E-state index contributed by atoms with van der Waals surface area (Å²) in [6.45, 7) is 0.203. The van der Waals surface area contributed by atoms with Crippen LogP contribution in [0.3, 0.4) is 0 Å².